The number of aromatic hydroxyl groups is 1. The van der Waals surface area contributed by atoms with Gasteiger partial charge in [-0.1, -0.05) is 0 Å². The van der Waals surface area contributed by atoms with Gasteiger partial charge in [-0.25, -0.2) is 0 Å². The van der Waals surface area contributed by atoms with E-state index in [1.54, 1.807) is 18.3 Å². The molecule has 19 heavy (non-hydrogen) atoms. The summed E-state index contributed by atoms with van der Waals surface area (Å²) in [5.41, 5.74) is 3.45. The monoisotopic (exact) mass is 407 g/mol. The maximum Gasteiger partial charge on any atom is 0.187 e. The zero-order valence-electron chi connectivity index (χ0n) is 10.8. The van der Waals surface area contributed by atoms with Crippen molar-refractivity contribution in [2.75, 3.05) is 0 Å². The summed E-state index contributed by atoms with van der Waals surface area (Å²) in [6.07, 6.45) is 1.62. The van der Waals surface area contributed by atoms with Gasteiger partial charge in [0.05, 0.1) is 15.2 Å². The fourth-order valence-electron chi connectivity index (χ4n) is 1.19. The van der Waals surface area contributed by atoms with Gasteiger partial charge in [-0.15, -0.1) is 0 Å². The van der Waals surface area contributed by atoms with Crippen molar-refractivity contribution in [2.45, 2.75) is 26.3 Å². The van der Waals surface area contributed by atoms with E-state index in [1.165, 1.54) is 0 Å². The van der Waals surface area contributed by atoms with E-state index >= 15 is 0 Å². The van der Waals surface area contributed by atoms with Crippen molar-refractivity contribution < 1.29 is 5.11 Å². The molecule has 0 aliphatic heterocycles. The van der Waals surface area contributed by atoms with Crippen molar-refractivity contribution in [2.24, 2.45) is 5.10 Å². The van der Waals surface area contributed by atoms with Crippen molar-refractivity contribution in [3.8, 4) is 5.75 Å². The second-order valence-corrected chi connectivity index (χ2v) is 7.02. The number of halogens is 2. The van der Waals surface area contributed by atoms with Crippen LogP contribution < -0.4 is 10.7 Å². The number of phenols is 1. The molecule has 1 rings (SSSR count). The number of rotatable bonds is 2. The molecule has 0 bridgehead atoms. The zero-order chi connectivity index (χ0) is 14.6. The van der Waals surface area contributed by atoms with Crippen LogP contribution in [-0.2, 0) is 0 Å². The molecule has 0 spiro atoms. The van der Waals surface area contributed by atoms with Gasteiger partial charge in [-0.3, -0.25) is 5.43 Å². The van der Waals surface area contributed by atoms with Crippen LogP contribution >= 0.6 is 44.1 Å². The molecule has 104 valence electrons. The van der Waals surface area contributed by atoms with E-state index < -0.39 is 0 Å². The number of benzene rings is 1. The third kappa shape index (κ3) is 5.88. The van der Waals surface area contributed by atoms with Gasteiger partial charge in [0.15, 0.2) is 5.11 Å². The first-order chi connectivity index (χ1) is 8.69. The fraction of sp³-hybridized carbons (Fsp3) is 0.333. The average Bonchev–Trinajstić information content (AvgIpc) is 2.23. The highest BCUT2D eigenvalue weighted by Gasteiger charge is 2.10. The second-order valence-electron chi connectivity index (χ2n) is 4.91. The van der Waals surface area contributed by atoms with E-state index in [0.29, 0.717) is 14.1 Å². The molecule has 0 unspecified atom stereocenters. The predicted molar refractivity (Wildman–Crippen MR) is 89.7 cm³/mol. The van der Waals surface area contributed by atoms with Crippen LogP contribution in [-0.4, -0.2) is 22.0 Å². The summed E-state index contributed by atoms with van der Waals surface area (Å²) in [6, 6.07) is 3.51. The molecule has 4 nitrogen and oxygen atoms in total. The molecule has 0 atom stereocenters. The third-order valence-electron chi connectivity index (χ3n) is 1.91. The normalized spacial score (nSPS) is 11.6. The Morgan fingerprint density at radius 2 is 1.84 bits per heavy atom. The first-order valence-electron chi connectivity index (χ1n) is 5.48. The highest BCUT2D eigenvalue weighted by molar-refractivity contribution is 9.11. The zero-order valence-corrected chi connectivity index (χ0v) is 14.8. The summed E-state index contributed by atoms with van der Waals surface area (Å²) in [7, 11) is 0. The lowest BCUT2D eigenvalue weighted by molar-refractivity contribution is 0.468. The van der Waals surface area contributed by atoms with E-state index in [9.17, 15) is 5.11 Å². The van der Waals surface area contributed by atoms with Gasteiger partial charge in [0.2, 0.25) is 0 Å². The summed E-state index contributed by atoms with van der Waals surface area (Å²) in [5.74, 6) is 0.162. The first kappa shape index (κ1) is 16.4. The molecule has 0 radical (unpaired) electrons. The summed E-state index contributed by atoms with van der Waals surface area (Å²) >= 11 is 11.6. The van der Waals surface area contributed by atoms with Gasteiger partial charge in [-0.05, 0) is 82.5 Å². The average molecular weight is 409 g/mol. The molecular formula is C12H15Br2N3OS. The summed E-state index contributed by atoms with van der Waals surface area (Å²) < 4.78 is 1.19. The van der Waals surface area contributed by atoms with Crippen LogP contribution in [0.15, 0.2) is 26.2 Å². The number of hydrogen-bond acceptors (Lipinski definition) is 3. The Morgan fingerprint density at radius 1 is 1.32 bits per heavy atom. The highest BCUT2D eigenvalue weighted by Crippen LogP contribution is 2.32. The van der Waals surface area contributed by atoms with E-state index in [2.05, 4.69) is 47.7 Å². The third-order valence-corrected chi connectivity index (χ3v) is 3.31. The van der Waals surface area contributed by atoms with Gasteiger partial charge in [0.1, 0.15) is 5.75 Å². The number of hydrogen-bond donors (Lipinski definition) is 3. The predicted octanol–water partition coefficient (Wildman–Crippen LogP) is 3.51. The lowest BCUT2D eigenvalue weighted by Crippen LogP contribution is -2.44. The summed E-state index contributed by atoms with van der Waals surface area (Å²) in [5, 5.41) is 17.2. The van der Waals surface area contributed by atoms with E-state index in [1.807, 2.05) is 20.8 Å². The molecule has 0 aliphatic carbocycles. The van der Waals surface area contributed by atoms with Crippen LogP contribution in [0.1, 0.15) is 26.3 Å². The highest BCUT2D eigenvalue weighted by atomic mass is 79.9. The van der Waals surface area contributed by atoms with Crippen molar-refractivity contribution in [3.05, 3.63) is 26.6 Å². The molecule has 0 saturated heterocycles. The Hall–Kier alpha value is -0.660. The Bertz CT molecular complexity index is 489. The molecule has 0 saturated carbocycles. The molecular weight excluding hydrogens is 394 g/mol. The number of phenolic OH excluding ortho intramolecular Hbond substituents is 1. The van der Waals surface area contributed by atoms with Gasteiger partial charge in [-0.2, -0.15) is 5.10 Å². The Labute approximate surface area is 134 Å². The van der Waals surface area contributed by atoms with Crippen molar-refractivity contribution >= 4 is 55.4 Å². The number of nitrogens with one attached hydrogen (secondary N) is 2. The quantitative estimate of drug-likeness (QED) is 0.398. The van der Waals surface area contributed by atoms with Crippen LogP contribution in [0.25, 0.3) is 0 Å². The molecule has 0 aromatic heterocycles. The number of hydrazone groups is 1. The van der Waals surface area contributed by atoms with Crippen LogP contribution in [0, 0.1) is 0 Å². The maximum absolute atomic E-state index is 9.59. The van der Waals surface area contributed by atoms with Gasteiger partial charge in [0.25, 0.3) is 0 Å². The van der Waals surface area contributed by atoms with Crippen molar-refractivity contribution in [1.82, 2.24) is 10.7 Å². The van der Waals surface area contributed by atoms with E-state index in [0.717, 1.165) is 5.56 Å². The maximum atomic E-state index is 9.59. The van der Waals surface area contributed by atoms with Crippen LogP contribution in [0.3, 0.4) is 0 Å². The fourth-order valence-corrected chi connectivity index (χ4v) is 2.77. The van der Waals surface area contributed by atoms with E-state index in [-0.39, 0.29) is 11.3 Å². The lowest BCUT2D eigenvalue weighted by Gasteiger charge is -2.21. The van der Waals surface area contributed by atoms with Crippen LogP contribution in [0.2, 0.25) is 0 Å². The van der Waals surface area contributed by atoms with Crippen molar-refractivity contribution in [1.29, 1.82) is 0 Å². The smallest absolute Gasteiger partial charge is 0.187 e. The Kier molecular flexibility index (Phi) is 5.76. The first-order valence-corrected chi connectivity index (χ1v) is 7.48. The molecule has 0 amide bonds. The van der Waals surface area contributed by atoms with Crippen LogP contribution in [0.4, 0.5) is 0 Å². The van der Waals surface area contributed by atoms with Gasteiger partial charge < -0.3 is 10.4 Å². The molecule has 0 heterocycles. The molecule has 7 heteroatoms. The minimum atomic E-state index is -0.107. The second kappa shape index (κ2) is 6.67. The lowest BCUT2D eigenvalue weighted by atomic mass is 10.1. The summed E-state index contributed by atoms with van der Waals surface area (Å²) in [4.78, 5) is 0. The Morgan fingerprint density at radius 3 is 2.32 bits per heavy atom. The standard InChI is InChI=1S/C12H15Br2N3OS/c1-12(2,3)16-11(19)17-15-6-7-4-8(13)10(18)9(14)5-7/h4-6,18H,1-3H3,(H2,16,17,19)/b15-6-. The topological polar surface area (TPSA) is 56.7 Å². The van der Waals surface area contributed by atoms with Crippen molar-refractivity contribution in [3.63, 3.8) is 0 Å². The minimum Gasteiger partial charge on any atom is -0.506 e. The SMILES string of the molecule is CC(C)(C)NC(=S)N/N=C\c1cc(Br)c(O)c(Br)c1. The number of thiocarbonyl (C=S) groups is 1. The van der Waals surface area contributed by atoms with Gasteiger partial charge >= 0.3 is 0 Å². The molecule has 1 aromatic rings. The summed E-state index contributed by atoms with van der Waals surface area (Å²) in [6.45, 7) is 6.04. The molecule has 0 aliphatic rings. The van der Waals surface area contributed by atoms with E-state index in [4.69, 9.17) is 12.2 Å². The Balaban J connectivity index is 2.66. The molecule has 1 aromatic carbocycles. The minimum absolute atomic E-state index is 0.107. The van der Waals surface area contributed by atoms with Gasteiger partial charge in [0, 0.05) is 5.54 Å². The molecule has 3 N–H and O–H groups in total. The number of nitrogens with zero attached hydrogens (tertiary/aromatic N) is 1. The molecule has 0 fully saturated rings. The largest absolute Gasteiger partial charge is 0.506 e. The van der Waals surface area contributed by atoms with Crippen LogP contribution in [0.5, 0.6) is 5.75 Å².